The van der Waals surface area contributed by atoms with E-state index in [9.17, 15) is 14.7 Å². The maximum atomic E-state index is 13.2. The lowest BCUT2D eigenvalue weighted by Crippen LogP contribution is -2.49. The van der Waals surface area contributed by atoms with Crippen LogP contribution in [0, 0.1) is 0 Å². The molecule has 3 heterocycles. The molecule has 0 unspecified atom stereocenters. The van der Waals surface area contributed by atoms with Gasteiger partial charge in [0.2, 0.25) is 5.91 Å². The van der Waals surface area contributed by atoms with Gasteiger partial charge in [0, 0.05) is 55.3 Å². The smallest absolute Gasteiger partial charge is 0.251 e. The molecular formula is C31H32N4O3. The SMILES string of the molecule is C[C@H](CC(=O)N1CCC(O)(Cn2cc(-c3cncnc3)c(-c3ccccc3)cc2=O)CC1)c1ccccc1. The third-order valence-electron chi connectivity index (χ3n) is 7.44. The summed E-state index contributed by atoms with van der Waals surface area (Å²) in [6, 6.07) is 21.4. The van der Waals surface area contributed by atoms with E-state index in [1.807, 2.05) is 65.6 Å². The van der Waals surface area contributed by atoms with Gasteiger partial charge >= 0.3 is 0 Å². The van der Waals surface area contributed by atoms with Crippen LogP contribution in [-0.4, -0.2) is 49.1 Å². The molecule has 0 saturated carbocycles. The van der Waals surface area contributed by atoms with E-state index < -0.39 is 5.60 Å². The van der Waals surface area contributed by atoms with E-state index in [2.05, 4.69) is 16.9 Å². The minimum Gasteiger partial charge on any atom is -0.388 e. The lowest BCUT2D eigenvalue weighted by atomic mass is 9.90. The zero-order chi connectivity index (χ0) is 26.5. The van der Waals surface area contributed by atoms with Crippen molar-refractivity contribution >= 4 is 5.91 Å². The third-order valence-corrected chi connectivity index (χ3v) is 7.44. The van der Waals surface area contributed by atoms with Crippen LogP contribution in [0.2, 0.25) is 0 Å². The van der Waals surface area contributed by atoms with Crippen molar-refractivity contribution in [3.05, 3.63) is 108 Å². The quantitative estimate of drug-likeness (QED) is 0.397. The molecule has 1 fully saturated rings. The number of pyridine rings is 1. The van der Waals surface area contributed by atoms with Gasteiger partial charge < -0.3 is 14.6 Å². The predicted molar refractivity (Wildman–Crippen MR) is 147 cm³/mol. The Morgan fingerprint density at radius 3 is 2.24 bits per heavy atom. The molecule has 4 aromatic rings. The van der Waals surface area contributed by atoms with Gasteiger partial charge in [-0.25, -0.2) is 9.97 Å². The standard InChI is InChI=1S/C31H32N4O3/c1-23(24-8-4-2-5-9-24)16-29(36)34-14-12-31(38,13-15-34)21-35-20-28(26-18-32-22-33-19-26)27(17-30(35)37)25-10-6-3-7-11-25/h2-11,17-20,22-23,38H,12-16,21H2,1H3/t23-/m1/s1. The number of aromatic nitrogens is 3. The fourth-order valence-corrected chi connectivity index (χ4v) is 5.16. The van der Waals surface area contributed by atoms with Crippen LogP contribution < -0.4 is 5.56 Å². The second-order valence-corrected chi connectivity index (χ2v) is 10.2. The van der Waals surface area contributed by atoms with Crippen molar-refractivity contribution in [3.8, 4) is 22.3 Å². The number of rotatable bonds is 7. The van der Waals surface area contributed by atoms with Crippen molar-refractivity contribution in [3.63, 3.8) is 0 Å². The Kier molecular flexibility index (Phi) is 7.47. The second kappa shape index (κ2) is 11.1. The van der Waals surface area contributed by atoms with Crippen molar-refractivity contribution in [2.24, 2.45) is 0 Å². The summed E-state index contributed by atoms with van der Waals surface area (Å²) in [6.07, 6.45) is 7.97. The van der Waals surface area contributed by atoms with Crippen LogP contribution >= 0.6 is 0 Å². The lowest BCUT2D eigenvalue weighted by Gasteiger charge is -2.39. The summed E-state index contributed by atoms with van der Waals surface area (Å²) < 4.78 is 1.57. The number of hydrogen-bond acceptors (Lipinski definition) is 5. The highest BCUT2D eigenvalue weighted by atomic mass is 16.3. The first-order valence-corrected chi connectivity index (χ1v) is 13.0. The molecule has 38 heavy (non-hydrogen) atoms. The number of hydrogen-bond donors (Lipinski definition) is 1. The van der Waals surface area contributed by atoms with Crippen LogP contribution in [0.25, 0.3) is 22.3 Å². The first-order valence-electron chi connectivity index (χ1n) is 13.0. The van der Waals surface area contributed by atoms with Gasteiger partial charge in [0.25, 0.3) is 5.56 Å². The van der Waals surface area contributed by atoms with Crippen molar-refractivity contribution < 1.29 is 9.90 Å². The normalized spacial score (nSPS) is 15.7. The van der Waals surface area contributed by atoms with Crippen LogP contribution in [0.3, 0.4) is 0 Å². The molecular weight excluding hydrogens is 476 g/mol. The number of piperidine rings is 1. The van der Waals surface area contributed by atoms with Crippen LogP contribution in [0.5, 0.6) is 0 Å². The summed E-state index contributed by atoms with van der Waals surface area (Å²) in [5.74, 6) is 0.228. The summed E-state index contributed by atoms with van der Waals surface area (Å²) in [5.41, 5.74) is 3.21. The molecule has 7 heteroatoms. The Hall–Kier alpha value is -4.10. The van der Waals surface area contributed by atoms with Crippen LogP contribution in [0.1, 0.15) is 37.7 Å². The van der Waals surface area contributed by atoms with Gasteiger partial charge in [-0.2, -0.15) is 0 Å². The van der Waals surface area contributed by atoms with Gasteiger partial charge in [0.05, 0.1) is 12.1 Å². The van der Waals surface area contributed by atoms with Crippen LogP contribution in [-0.2, 0) is 11.3 Å². The maximum absolute atomic E-state index is 13.2. The lowest BCUT2D eigenvalue weighted by molar-refractivity contribution is -0.136. The summed E-state index contributed by atoms with van der Waals surface area (Å²) in [7, 11) is 0. The van der Waals surface area contributed by atoms with E-state index in [0.717, 1.165) is 27.8 Å². The molecule has 0 spiro atoms. The van der Waals surface area contributed by atoms with Gasteiger partial charge in [-0.05, 0) is 35.4 Å². The zero-order valence-electron chi connectivity index (χ0n) is 21.5. The van der Waals surface area contributed by atoms with Crippen LogP contribution in [0.15, 0.2) is 96.4 Å². The Morgan fingerprint density at radius 1 is 0.947 bits per heavy atom. The van der Waals surface area contributed by atoms with Gasteiger partial charge in [-0.3, -0.25) is 9.59 Å². The van der Waals surface area contributed by atoms with Crippen molar-refractivity contribution in [1.29, 1.82) is 0 Å². The number of likely N-dealkylation sites (tertiary alicyclic amines) is 1. The van der Waals surface area contributed by atoms with E-state index in [-0.39, 0.29) is 23.9 Å². The molecule has 1 N–H and O–H groups in total. The molecule has 1 aliphatic heterocycles. The number of nitrogens with zero attached hydrogens (tertiary/aromatic N) is 4. The molecule has 1 atom stereocenters. The highest BCUT2D eigenvalue weighted by Crippen LogP contribution is 2.31. The van der Waals surface area contributed by atoms with E-state index in [1.54, 1.807) is 29.2 Å². The van der Waals surface area contributed by atoms with E-state index >= 15 is 0 Å². The number of amides is 1. The molecule has 0 bridgehead atoms. The summed E-state index contributed by atoms with van der Waals surface area (Å²) in [6.45, 7) is 3.15. The molecule has 0 aliphatic carbocycles. The van der Waals surface area contributed by atoms with E-state index in [0.29, 0.717) is 32.4 Å². The number of benzene rings is 2. The summed E-state index contributed by atoms with van der Waals surface area (Å²) in [4.78, 5) is 36.3. The first kappa shape index (κ1) is 25.5. The van der Waals surface area contributed by atoms with Crippen molar-refractivity contribution in [2.45, 2.75) is 44.2 Å². The molecule has 1 saturated heterocycles. The van der Waals surface area contributed by atoms with Crippen molar-refractivity contribution in [2.75, 3.05) is 13.1 Å². The van der Waals surface area contributed by atoms with Gasteiger partial charge in [0.1, 0.15) is 6.33 Å². The molecule has 194 valence electrons. The van der Waals surface area contributed by atoms with Gasteiger partial charge in [-0.15, -0.1) is 0 Å². The summed E-state index contributed by atoms with van der Waals surface area (Å²) >= 11 is 0. The van der Waals surface area contributed by atoms with Crippen molar-refractivity contribution in [1.82, 2.24) is 19.4 Å². The minimum absolute atomic E-state index is 0.0964. The molecule has 2 aromatic carbocycles. The van der Waals surface area contributed by atoms with E-state index in [4.69, 9.17) is 0 Å². The fraction of sp³-hybridized carbons (Fsp3) is 0.290. The topological polar surface area (TPSA) is 88.3 Å². The monoisotopic (exact) mass is 508 g/mol. The molecule has 5 rings (SSSR count). The Balaban J connectivity index is 1.32. The molecule has 1 aliphatic rings. The van der Waals surface area contributed by atoms with E-state index in [1.165, 1.54) is 6.33 Å². The average molecular weight is 509 g/mol. The number of aliphatic hydroxyl groups is 1. The zero-order valence-corrected chi connectivity index (χ0v) is 21.5. The second-order valence-electron chi connectivity index (χ2n) is 10.2. The molecule has 1 amide bonds. The fourth-order valence-electron chi connectivity index (χ4n) is 5.16. The largest absolute Gasteiger partial charge is 0.388 e. The highest BCUT2D eigenvalue weighted by molar-refractivity contribution is 5.82. The average Bonchev–Trinajstić information content (AvgIpc) is 2.95. The number of carbonyl (C=O) groups is 1. The Bertz CT molecular complexity index is 1430. The molecule has 2 aromatic heterocycles. The Labute approximate surface area is 222 Å². The Morgan fingerprint density at radius 2 is 1.58 bits per heavy atom. The first-order chi connectivity index (χ1) is 18.4. The van der Waals surface area contributed by atoms with Gasteiger partial charge in [0.15, 0.2) is 0 Å². The van der Waals surface area contributed by atoms with Gasteiger partial charge in [-0.1, -0.05) is 67.6 Å². The summed E-state index contributed by atoms with van der Waals surface area (Å²) in [5, 5.41) is 11.4. The third kappa shape index (κ3) is 5.73. The van der Waals surface area contributed by atoms with Crippen LogP contribution in [0.4, 0.5) is 0 Å². The molecule has 7 nitrogen and oxygen atoms in total. The molecule has 0 radical (unpaired) electrons. The minimum atomic E-state index is -1.08. The highest BCUT2D eigenvalue weighted by Gasteiger charge is 2.35. The number of carbonyl (C=O) groups excluding carboxylic acids is 1. The maximum Gasteiger partial charge on any atom is 0.251 e. The predicted octanol–water partition coefficient (Wildman–Crippen LogP) is 4.52.